The molecule has 0 aliphatic carbocycles. The van der Waals surface area contributed by atoms with Gasteiger partial charge in [-0.1, -0.05) is 17.7 Å². The number of benzene rings is 1. The van der Waals surface area contributed by atoms with Gasteiger partial charge in [-0.05, 0) is 19.9 Å². The van der Waals surface area contributed by atoms with E-state index in [-0.39, 0.29) is 17.8 Å². The lowest BCUT2D eigenvalue weighted by molar-refractivity contribution is -0.385. The van der Waals surface area contributed by atoms with Crippen molar-refractivity contribution >= 4 is 23.2 Å². The maximum Gasteiger partial charge on any atom is 0.273 e. The highest BCUT2D eigenvalue weighted by atomic mass is 35.5. The van der Waals surface area contributed by atoms with Crippen LogP contribution in [0.4, 0.5) is 5.69 Å². The average molecular weight is 323 g/mol. The number of rotatable bonds is 5. The lowest BCUT2D eigenvalue weighted by atomic mass is 10.1. The van der Waals surface area contributed by atoms with E-state index in [0.717, 1.165) is 0 Å². The molecule has 0 saturated carbocycles. The van der Waals surface area contributed by atoms with Gasteiger partial charge in [0.2, 0.25) is 0 Å². The lowest BCUT2D eigenvalue weighted by Gasteiger charge is -2.08. The molecular weight excluding hydrogens is 308 g/mol. The quantitative estimate of drug-likeness (QED) is 0.677. The van der Waals surface area contributed by atoms with Crippen LogP contribution in [-0.2, 0) is 13.1 Å². The van der Waals surface area contributed by atoms with Crippen molar-refractivity contribution < 1.29 is 9.72 Å². The van der Waals surface area contributed by atoms with Gasteiger partial charge in [-0.3, -0.25) is 19.6 Å². The second kappa shape index (κ2) is 6.57. The van der Waals surface area contributed by atoms with Gasteiger partial charge in [0.15, 0.2) is 0 Å². The Morgan fingerprint density at radius 1 is 1.50 bits per heavy atom. The summed E-state index contributed by atoms with van der Waals surface area (Å²) >= 11 is 6.02. The first-order chi connectivity index (χ1) is 10.4. The van der Waals surface area contributed by atoms with Gasteiger partial charge in [-0.2, -0.15) is 5.10 Å². The molecule has 116 valence electrons. The Morgan fingerprint density at radius 3 is 2.86 bits per heavy atom. The summed E-state index contributed by atoms with van der Waals surface area (Å²) < 4.78 is 1.68. The Hall–Kier alpha value is -2.41. The van der Waals surface area contributed by atoms with Crippen LogP contribution in [0.5, 0.6) is 0 Å². The first kappa shape index (κ1) is 16.0. The number of amides is 1. The fraction of sp³-hybridized carbons (Fsp3) is 0.286. The molecule has 2 rings (SSSR count). The van der Waals surface area contributed by atoms with E-state index in [9.17, 15) is 14.9 Å². The molecule has 0 fully saturated rings. The highest BCUT2D eigenvalue weighted by Gasteiger charge is 2.16. The number of hydrogen-bond acceptors (Lipinski definition) is 4. The Labute approximate surface area is 132 Å². The molecule has 0 atom stereocenters. The zero-order chi connectivity index (χ0) is 16.3. The zero-order valence-electron chi connectivity index (χ0n) is 12.2. The third-order valence-corrected chi connectivity index (χ3v) is 3.60. The van der Waals surface area contributed by atoms with E-state index >= 15 is 0 Å². The van der Waals surface area contributed by atoms with Gasteiger partial charge < -0.3 is 5.32 Å². The molecule has 22 heavy (non-hydrogen) atoms. The van der Waals surface area contributed by atoms with Crippen molar-refractivity contribution in [1.29, 1.82) is 0 Å². The van der Waals surface area contributed by atoms with Gasteiger partial charge in [0.1, 0.15) is 0 Å². The molecule has 1 aromatic carbocycles. The number of nitro benzene ring substituents is 1. The van der Waals surface area contributed by atoms with Crippen molar-refractivity contribution in [3.8, 4) is 0 Å². The molecule has 7 nitrogen and oxygen atoms in total. The van der Waals surface area contributed by atoms with Crippen LogP contribution in [0.15, 0.2) is 24.4 Å². The fourth-order valence-corrected chi connectivity index (χ4v) is 2.26. The molecule has 0 unspecified atom stereocenters. The topological polar surface area (TPSA) is 90.1 Å². The molecule has 0 aliphatic rings. The Bertz CT molecular complexity index is 727. The summed E-state index contributed by atoms with van der Waals surface area (Å²) in [4.78, 5) is 22.5. The molecule has 2 aromatic rings. The first-order valence-electron chi connectivity index (χ1n) is 6.67. The Balaban J connectivity index is 2.14. The highest BCUT2D eigenvalue weighted by Crippen LogP contribution is 2.19. The second-order valence-corrected chi connectivity index (χ2v) is 5.10. The summed E-state index contributed by atoms with van der Waals surface area (Å²) in [5, 5.41) is 18.2. The van der Waals surface area contributed by atoms with Crippen LogP contribution in [0.3, 0.4) is 0 Å². The number of aryl methyl sites for hydroxylation is 2. The van der Waals surface area contributed by atoms with Crippen molar-refractivity contribution in [2.24, 2.45) is 0 Å². The maximum absolute atomic E-state index is 12.1. The van der Waals surface area contributed by atoms with Crippen molar-refractivity contribution in [1.82, 2.24) is 15.1 Å². The van der Waals surface area contributed by atoms with Crippen LogP contribution >= 0.6 is 11.6 Å². The number of nitro groups is 1. The fourth-order valence-electron chi connectivity index (χ4n) is 2.05. The monoisotopic (exact) mass is 322 g/mol. The van der Waals surface area contributed by atoms with Crippen LogP contribution in [0.2, 0.25) is 5.02 Å². The standard InChI is InChI=1S/C14H15ClN4O3/c1-3-18-13(11(15)7-17-18)8-16-14(20)10-5-4-9(2)12(6-10)19(21)22/h4-7H,3,8H2,1-2H3,(H,16,20). The number of carbonyl (C=O) groups excluding carboxylic acids is 1. The number of nitrogens with zero attached hydrogens (tertiary/aromatic N) is 3. The molecule has 8 heteroatoms. The predicted octanol–water partition coefficient (Wildman–Crippen LogP) is 2.70. The van der Waals surface area contributed by atoms with Crippen LogP contribution in [0.25, 0.3) is 0 Å². The molecule has 0 spiro atoms. The highest BCUT2D eigenvalue weighted by molar-refractivity contribution is 6.31. The van der Waals surface area contributed by atoms with E-state index in [2.05, 4.69) is 10.4 Å². The van der Waals surface area contributed by atoms with Crippen LogP contribution in [0, 0.1) is 17.0 Å². The van der Waals surface area contributed by atoms with Crippen molar-refractivity contribution in [3.05, 3.63) is 56.4 Å². The molecule has 1 heterocycles. The van der Waals surface area contributed by atoms with Gasteiger partial charge in [-0.25, -0.2) is 0 Å². The summed E-state index contributed by atoms with van der Waals surface area (Å²) in [6.45, 7) is 4.37. The SMILES string of the molecule is CCn1ncc(Cl)c1CNC(=O)c1ccc(C)c([N+](=O)[O-])c1. The average Bonchev–Trinajstić information content (AvgIpc) is 2.85. The van der Waals surface area contributed by atoms with Crippen LogP contribution in [-0.4, -0.2) is 20.6 Å². The number of nitrogens with one attached hydrogen (secondary N) is 1. The molecular formula is C14H15ClN4O3. The van der Waals surface area contributed by atoms with Crippen LogP contribution in [0.1, 0.15) is 28.5 Å². The summed E-state index contributed by atoms with van der Waals surface area (Å²) in [6.07, 6.45) is 1.52. The van der Waals surface area contributed by atoms with E-state index in [1.807, 2.05) is 6.92 Å². The minimum atomic E-state index is -0.505. The molecule has 0 bridgehead atoms. The van der Waals surface area contributed by atoms with Gasteiger partial charge in [-0.15, -0.1) is 0 Å². The third-order valence-electron chi connectivity index (χ3n) is 3.28. The summed E-state index contributed by atoms with van der Waals surface area (Å²) in [5.74, 6) is -0.400. The molecule has 1 N–H and O–H groups in total. The zero-order valence-corrected chi connectivity index (χ0v) is 12.9. The molecule has 0 aliphatic heterocycles. The Kier molecular flexibility index (Phi) is 4.77. The van der Waals surface area contributed by atoms with E-state index in [4.69, 9.17) is 11.6 Å². The summed E-state index contributed by atoms with van der Waals surface area (Å²) in [5.41, 5.74) is 1.35. The van der Waals surface area contributed by atoms with E-state index < -0.39 is 10.8 Å². The number of aromatic nitrogens is 2. The Morgan fingerprint density at radius 2 is 2.23 bits per heavy atom. The number of halogens is 1. The van der Waals surface area contributed by atoms with Crippen molar-refractivity contribution in [2.75, 3.05) is 0 Å². The minimum absolute atomic E-state index is 0.0794. The molecule has 0 saturated heterocycles. The number of hydrogen-bond donors (Lipinski definition) is 1. The number of carbonyl (C=O) groups is 1. The molecule has 1 amide bonds. The maximum atomic E-state index is 12.1. The largest absolute Gasteiger partial charge is 0.346 e. The second-order valence-electron chi connectivity index (χ2n) is 4.70. The van der Waals surface area contributed by atoms with E-state index in [0.29, 0.717) is 22.8 Å². The van der Waals surface area contributed by atoms with Crippen molar-refractivity contribution in [3.63, 3.8) is 0 Å². The van der Waals surface area contributed by atoms with Gasteiger partial charge in [0, 0.05) is 23.7 Å². The van der Waals surface area contributed by atoms with Gasteiger partial charge >= 0.3 is 0 Å². The van der Waals surface area contributed by atoms with Gasteiger partial charge in [0.25, 0.3) is 11.6 Å². The van der Waals surface area contributed by atoms with Crippen LogP contribution < -0.4 is 5.32 Å². The normalized spacial score (nSPS) is 10.5. The lowest BCUT2D eigenvalue weighted by Crippen LogP contribution is -2.24. The molecule has 0 radical (unpaired) electrons. The van der Waals surface area contributed by atoms with E-state index in [1.54, 1.807) is 23.7 Å². The van der Waals surface area contributed by atoms with Crippen molar-refractivity contribution in [2.45, 2.75) is 26.9 Å². The summed E-state index contributed by atoms with van der Waals surface area (Å²) in [7, 11) is 0. The molecule has 1 aromatic heterocycles. The smallest absolute Gasteiger partial charge is 0.273 e. The minimum Gasteiger partial charge on any atom is -0.346 e. The summed E-state index contributed by atoms with van der Waals surface area (Å²) in [6, 6.07) is 4.37. The first-order valence-corrected chi connectivity index (χ1v) is 7.05. The van der Waals surface area contributed by atoms with Gasteiger partial charge in [0.05, 0.1) is 28.4 Å². The van der Waals surface area contributed by atoms with E-state index in [1.165, 1.54) is 12.3 Å². The predicted molar refractivity (Wildman–Crippen MR) is 81.9 cm³/mol. The third kappa shape index (κ3) is 3.25.